The van der Waals surface area contributed by atoms with E-state index in [1.165, 1.54) is 0 Å². The fourth-order valence-corrected chi connectivity index (χ4v) is 0.488. The van der Waals surface area contributed by atoms with Crippen molar-refractivity contribution in [2.75, 3.05) is 19.0 Å². The lowest BCUT2D eigenvalue weighted by Gasteiger charge is -2.08. The zero-order valence-corrected chi connectivity index (χ0v) is 5.50. The number of anilines is 1. The molecule has 1 heterocycles. The summed E-state index contributed by atoms with van der Waals surface area (Å²) in [5, 5.41) is 0. The van der Waals surface area contributed by atoms with Crippen LogP contribution in [-0.2, 0) is 0 Å². The van der Waals surface area contributed by atoms with Crippen LogP contribution in [0.4, 0.5) is 5.69 Å². The highest BCUT2D eigenvalue weighted by Gasteiger charge is 1.90. The lowest BCUT2D eigenvalue weighted by Crippen LogP contribution is -2.08. The second-order valence-electron chi connectivity index (χ2n) is 1.94. The Kier molecular flexibility index (Phi) is 1.63. The molecule has 47 valence electrons. The van der Waals surface area contributed by atoms with E-state index in [0.29, 0.717) is 0 Å². The first-order chi connectivity index (χ1) is 4.30. The predicted molar refractivity (Wildman–Crippen MR) is 35.2 cm³/mol. The molecule has 3 nitrogen and oxygen atoms in total. The lowest BCUT2D eigenvalue weighted by molar-refractivity contribution is 1.06. The second-order valence-corrected chi connectivity index (χ2v) is 1.94. The van der Waals surface area contributed by atoms with Gasteiger partial charge >= 0.3 is 0 Å². The van der Waals surface area contributed by atoms with E-state index in [0.717, 1.165) is 5.69 Å². The van der Waals surface area contributed by atoms with Crippen molar-refractivity contribution >= 4 is 5.69 Å². The molecule has 0 aliphatic carbocycles. The first-order valence-electron chi connectivity index (χ1n) is 2.66. The molecule has 1 radical (unpaired) electrons. The van der Waals surface area contributed by atoms with Gasteiger partial charge in [-0.1, -0.05) is 0 Å². The Morgan fingerprint density at radius 3 is 2.22 bits per heavy atom. The zero-order chi connectivity index (χ0) is 6.69. The van der Waals surface area contributed by atoms with Gasteiger partial charge in [-0.2, -0.15) is 0 Å². The summed E-state index contributed by atoms with van der Waals surface area (Å²) in [6.45, 7) is 0. The molecular weight excluding hydrogens is 114 g/mol. The highest BCUT2D eigenvalue weighted by molar-refractivity contribution is 5.38. The van der Waals surface area contributed by atoms with Crippen molar-refractivity contribution in [3.63, 3.8) is 0 Å². The maximum Gasteiger partial charge on any atom is 0.197 e. The van der Waals surface area contributed by atoms with Gasteiger partial charge in [0, 0.05) is 14.1 Å². The fraction of sp³-hybridized carbons (Fsp3) is 0.333. The Morgan fingerprint density at radius 2 is 1.89 bits per heavy atom. The molecular formula is C6H8N3. The van der Waals surface area contributed by atoms with Crippen molar-refractivity contribution < 1.29 is 0 Å². The molecule has 0 spiro atoms. The molecule has 3 heteroatoms. The van der Waals surface area contributed by atoms with Crippen LogP contribution >= 0.6 is 0 Å². The van der Waals surface area contributed by atoms with Crippen LogP contribution in [0, 0.1) is 6.33 Å². The van der Waals surface area contributed by atoms with E-state index in [-0.39, 0.29) is 0 Å². The summed E-state index contributed by atoms with van der Waals surface area (Å²) in [5.74, 6) is 0. The largest absolute Gasteiger partial charge is 0.375 e. The first kappa shape index (κ1) is 6.01. The van der Waals surface area contributed by atoms with Gasteiger partial charge in [0.05, 0.1) is 18.1 Å². The molecule has 0 aliphatic rings. The van der Waals surface area contributed by atoms with Crippen molar-refractivity contribution in [3.8, 4) is 0 Å². The number of rotatable bonds is 1. The number of hydrogen-bond acceptors (Lipinski definition) is 3. The van der Waals surface area contributed by atoms with Gasteiger partial charge in [-0.05, 0) is 0 Å². The normalized spacial score (nSPS) is 9.11. The summed E-state index contributed by atoms with van der Waals surface area (Å²) in [6, 6.07) is 0. The van der Waals surface area contributed by atoms with E-state index in [9.17, 15) is 0 Å². The highest BCUT2D eigenvalue weighted by atomic mass is 15.1. The quantitative estimate of drug-likeness (QED) is 0.538. The number of nitrogens with zero attached hydrogens (tertiary/aromatic N) is 3. The Balaban J connectivity index is 2.85. The molecule has 0 saturated heterocycles. The van der Waals surface area contributed by atoms with Crippen LogP contribution in [0.3, 0.4) is 0 Å². The third-order valence-corrected chi connectivity index (χ3v) is 1.03. The smallest absolute Gasteiger partial charge is 0.197 e. The van der Waals surface area contributed by atoms with Crippen LogP contribution < -0.4 is 4.90 Å². The molecule has 9 heavy (non-hydrogen) atoms. The molecule has 0 unspecified atom stereocenters. The molecule has 0 atom stereocenters. The monoisotopic (exact) mass is 122 g/mol. The van der Waals surface area contributed by atoms with Crippen LogP contribution in [0.15, 0.2) is 12.4 Å². The molecule has 1 aromatic heterocycles. The van der Waals surface area contributed by atoms with Gasteiger partial charge in [-0.25, -0.2) is 9.97 Å². The van der Waals surface area contributed by atoms with Crippen LogP contribution in [0.1, 0.15) is 0 Å². The van der Waals surface area contributed by atoms with E-state index in [4.69, 9.17) is 0 Å². The average molecular weight is 122 g/mol. The molecule has 0 fully saturated rings. The highest BCUT2D eigenvalue weighted by Crippen LogP contribution is 2.02. The standard InChI is InChI=1S/C6H8N3/c1-9(2)6-3-7-5-8-4-6/h3-4H,1-2H3. The van der Waals surface area contributed by atoms with E-state index in [1.54, 1.807) is 12.4 Å². The summed E-state index contributed by atoms with van der Waals surface area (Å²) >= 11 is 0. The van der Waals surface area contributed by atoms with Crippen LogP contribution in [0.25, 0.3) is 0 Å². The molecule has 0 saturated carbocycles. The van der Waals surface area contributed by atoms with E-state index in [2.05, 4.69) is 16.3 Å². The summed E-state index contributed by atoms with van der Waals surface area (Å²) in [6.07, 6.45) is 5.89. The minimum absolute atomic E-state index is 0.994. The van der Waals surface area contributed by atoms with Gasteiger partial charge in [-0.15, -0.1) is 0 Å². The van der Waals surface area contributed by atoms with Crippen molar-refractivity contribution in [1.82, 2.24) is 9.97 Å². The first-order valence-corrected chi connectivity index (χ1v) is 2.66. The maximum absolute atomic E-state index is 3.73. The summed E-state index contributed by atoms with van der Waals surface area (Å²) in [7, 11) is 3.89. The van der Waals surface area contributed by atoms with Gasteiger partial charge in [0.2, 0.25) is 0 Å². The van der Waals surface area contributed by atoms with Gasteiger partial charge in [0.15, 0.2) is 6.33 Å². The number of hydrogen-bond donors (Lipinski definition) is 0. The van der Waals surface area contributed by atoms with Crippen LogP contribution in [-0.4, -0.2) is 24.1 Å². The van der Waals surface area contributed by atoms with Gasteiger partial charge < -0.3 is 4.90 Å². The molecule has 1 rings (SSSR count). The van der Waals surface area contributed by atoms with Crippen molar-refractivity contribution in [3.05, 3.63) is 18.7 Å². The summed E-state index contributed by atoms with van der Waals surface area (Å²) in [5.41, 5.74) is 0.994. The summed E-state index contributed by atoms with van der Waals surface area (Å²) < 4.78 is 0. The Labute approximate surface area is 54.4 Å². The van der Waals surface area contributed by atoms with E-state index >= 15 is 0 Å². The zero-order valence-electron chi connectivity index (χ0n) is 5.50. The molecule has 0 aromatic carbocycles. The minimum atomic E-state index is 0.994. The van der Waals surface area contributed by atoms with Gasteiger partial charge in [0.1, 0.15) is 0 Å². The lowest BCUT2D eigenvalue weighted by atomic mass is 10.5. The van der Waals surface area contributed by atoms with Crippen molar-refractivity contribution in [2.45, 2.75) is 0 Å². The molecule has 0 bridgehead atoms. The Morgan fingerprint density at radius 1 is 1.33 bits per heavy atom. The molecule has 0 N–H and O–H groups in total. The van der Waals surface area contributed by atoms with Gasteiger partial charge in [0.25, 0.3) is 0 Å². The molecule has 1 aromatic rings. The second kappa shape index (κ2) is 2.44. The van der Waals surface area contributed by atoms with E-state index in [1.807, 2.05) is 19.0 Å². The molecule has 0 aliphatic heterocycles. The average Bonchev–Trinajstić information content (AvgIpc) is 1.90. The summed E-state index contributed by atoms with van der Waals surface area (Å²) in [4.78, 5) is 9.39. The topological polar surface area (TPSA) is 29.0 Å². The van der Waals surface area contributed by atoms with Crippen LogP contribution in [0.5, 0.6) is 0 Å². The third kappa shape index (κ3) is 1.38. The SMILES string of the molecule is CN(C)c1cn[c]nc1. The Bertz CT molecular complexity index is 171. The van der Waals surface area contributed by atoms with Crippen LogP contribution in [0.2, 0.25) is 0 Å². The third-order valence-electron chi connectivity index (χ3n) is 1.03. The van der Waals surface area contributed by atoms with Crippen molar-refractivity contribution in [1.29, 1.82) is 0 Å². The van der Waals surface area contributed by atoms with E-state index < -0.39 is 0 Å². The minimum Gasteiger partial charge on any atom is -0.375 e. The van der Waals surface area contributed by atoms with Gasteiger partial charge in [-0.3, -0.25) is 0 Å². The number of aromatic nitrogens is 2. The maximum atomic E-state index is 3.73. The van der Waals surface area contributed by atoms with Crippen molar-refractivity contribution in [2.24, 2.45) is 0 Å². The Hall–Kier alpha value is -1.12. The molecule has 0 amide bonds. The fourth-order valence-electron chi connectivity index (χ4n) is 0.488. The predicted octanol–water partition coefficient (Wildman–Crippen LogP) is 0.343.